The second-order valence-corrected chi connectivity index (χ2v) is 4.19. The smallest absolute Gasteiger partial charge is 0.292 e. The first kappa shape index (κ1) is 11.3. The van der Waals surface area contributed by atoms with Crippen molar-refractivity contribution in [2.45, 2.75) is 26.4 Å². The van der Waals surface area contributed by atoms with Crippen LogP contribution in [0.1, 0.15) is 20.8 Å². The van der Waals surface area contributed by atoms with Crippen LogP contribution in [-0.2, 0) is 0 Å². The Morgan fingerprint density at radius 2 is 2.00 bits per heavy atom. The molecule has 0 aliphatic carbocycles. The van der Waals surface area contributed by atoms with Gasteiger partial charge in [-0.25, -0.2) is 0 Å². The number of benzene rings is 1. The van der Waals surface area contributed by atoms with Crippen molar-refractivity contribution in [3.63, 3.8) is 0 Å². The number of hydrogen-bond acceptors (Lipinski definition) is 4. The summed E-state index contributed by atoms with van der Waals surface area (Å²) in [7, 11) is 0. The third-order valence-electron chi connectivity index (χ3n) is 1.62. The van der Waals surface area contributed by atoms with Crippen molar-refractivity contribution in [2.75, 3.05) is 5.73 Å². The topological polar surface area (TPSA) is 78.4 Å². The van der Waals surface area contributed by atoms with Gasteiger partial charge in [-0.15, -0.1) is 0 Å². The quantitative estimate of drug-likeness (QED) is 0.461. The van der Waals surface area contributed by atoms with E-state index in [1.165, 1.54) is 12.1 Å². The van der Waals surface area contributed by atoms with Crippen molar-refractivity contribution in [2.24, 2.45) is 0 Å². The molecule has 0 saturated carbocycles. The molecule has 0 saturated heterocycles. The molecule has 0 heterocycles. The van der Waals surface area contributed by atoms with Gasteiger partial charge in [0.15, 0.2) is 0 Å². The molecule has 0 fully saturated rings. The molecular formula is C10H14N2O3. The number of ether oxygens (including phenoxy) is 1. The van der Waals surface area contributed by atoms with Gasteiger partial charge in [0.1, 0.15) is 17.0 Å². The van der Waals surface area contributed by atoms with E-state index in [0.29, 0.717) is 5.75 Å². The minimum atomic E-state index is -0.518. The van der Waals surface area contributed by atoms with E-state index in [2.05, 4.69) is 0 Å². The largest absolute Gasteiger partial charge is 0.488 e. The zero-order chi connectivity index (χ0) is 11.6. The minimum Gasteiger partial charge on any atom is -0.488 e. The van der Waals surface area contributed by atoms with Crippen LogP contribution in [-0.4, -0.2) is 10.5 Å². The van der Waals surface area contributed by atoms with E-state index >= 15 is 0 Å². The van der Waals surface area contributed by atoms with E-state index in [-0.39, 0.29) is 17.0 Å². The molecule has 1 rings (SSSR count). The monoisotopic (exact) mass is 210 g/mol. The fourth-order valence-electron chi connectivity index (χ4n) is 1.12. The first-order valence-electron chi connectivity index (χ1n) is 4.52. The molecule has 0 aliphatic heterocycles. The lowest BCUT2D eigenvalue weighted by atomic mass is 10.2. The van der Waals surface area contributed by atoms with E-state index in [1.807, 2.05) is 20.8 Å². The molecule has 1 aromatic rings. The summed E-state index contributed by atoms with van der Waals surface area (Å²) in [5.74, 6) is 0.533. The molecule has 0 atom stereocenters. The summed E-state index contributed by atoms with van der Waals surface area (Å²) in [4.78, 5) is 9.99. The molecule has 82 valence electrons. The summed E-state index contributed by atoms with van der Waals surface area (Å²) in [6.07, 6.45) is 0. The van der Waals surface area contributed by atoms with Gasteiger partial charge in [0, 0.05) is 12.1 Å². The van der Waals surface area contributed by atoms with Crippen molar-refractivity contribution in [1.29, 1.82) is 0 Å². The van der Waals surface area contributed by atoms with Crippen LogP contribution in [0.3, 0.4) is 0 Å². The molecule has 0 aromatic heterocycles. The molecule has 5 heteroatoms. The lowest BCUT2D eigenvalue weighted by Crippen LogP contribution is -2.22. The number of nitrogen functional groups attached to an aromatic ring is 1. The van der Waals surface area contributed by atoms with Crippen LogP contribution in [0.25, 0.3) is 0 Å². The van der Waals surface area contributed by atoms with Gasteiger partial charge < -0.3 is 10.5 Å². The highest BCUT2D eigenvalue weighted by Crippen LogP contribution is 2.27. The Labute approximate surface area is 88.0 Å². The van der Waals surface area contributed by atoms with Gasteiger partial charge in [0.2, 0.25) is 0 Å². The van der Waals surface area contributed by atoms with Gasteiger partial charge in [0.25, 0.3) is 5.69 Å². The number of nitro groups is 1. The number of nitrogens with zero attached hydrogens (tertiary/aromatic N) is 1. The van der Waals surface area contributed by atoms with E-state index in [4.69, 9.17) is 10.5 Å². The highest BCUT2D eigenvalue weighted by molar-refractivity contribution is 5.60. The normalized spacial score (nSPS) is 11.1. The number of hydrogen-bond donors (Lipinski definition) is 1. The Morgan fingerprint density at radius 1 is 1.40 bits per heavy atom. The predicted octanol–water partition coefficient (Wildman–Crippen LogP) is 2.35. The molecule has 15 heavy (non-hydrogen) atoms. The fourth-order valence-corrected chi connectivity index (χ4v) is 1.12. The molecule has 0 unspecified atom stereocenters. The number of anilines is 1. The third-order valence-corrected chi connectivity index (χ3v) is 1.62. The molecule has 0 amide bonds. The SMILES string of the molecule is CC(C)(C)Oc1ccc([N+](=O)[O-])c(N)c1. The van der Waals surface area contributed by atoms with E-state index in [0.717, 1.165) is 0 Å². The molecule has 2 N–H and O–H groups in total. The lowest BCUT2D eigenvalue weighted by Gasteiger charge is -2.21. The van der Waals surface area contributed by atoms with Crippen molar-refractivity contribution < 1.29 is 9.66 Å². The first-order chi connectivity index (χ1) is 6.79. The first-order valence-corrected chi connectivity index (χ1v) is 4.52. The van der Waals surface area contributed by atoms with Crippen molar-refractivity contribution in [3.8, 4) is 5.75 Å². The van der Waals surface area contributed by atoms with Crippen LogP contribution >= 0.6 is 0 Å². The minimum absolute atomic E-state index is 0.101. The average Bonchev–Trinajstić information content (AvgIpc) is 1.99. The molecule has 0 bridgehead atoms. The van der Waals surface area contributed by atoms with Crippen LogP contribution < -0.4 is 10.5 Å². The summed E-state index contributed by atoms with van der Waals surface area (Å²) < 4.78 is 5.51. The Morgan fingerprint density at radius 3 is 2.40 bits per heavy atom. The summed E-state index contributed by atoms with van der Waals surface area (Å²) in [6, 6.07) is 4.35. The van der Waals surface area contributed by atoms with Gasteiger partial charge in [-0.2, -0.15) is 0 Å². The Hall–Kier alpha value is -1.78. The van der Waals surface area contributed by atoms with Gasteiger partial charge in [-0.3, -0.25) is 10.1 Å². The Kier molecular flexibility index (Phi) is 2.83. The molecular weight excluding hydrogens is 196 g/mol. The second kappa shape index (κ2) is 3.76. The van der Waals surface area contributed by atoms with Gasteiger partial charge >= 0.3 is 0 Å². The summed E-state index contributed by atoms with van der Waals surface area (Å²) >= 11 is 0. The lowest BCUT2D eigenvalue weighted by molar-refractivity contribution is -0.383. The maximum Gasteiger partial charge on any atom is 0.292 e. The van der Waals surface area contributed by atoms with Crippen molar-refractivity contribution in [1.82, 2.24) is 0 Å². The number of rotatable bonds is 2. The van der Waals surface area contributed by atoms with Gasteiger partial charge in [-0.05, 0) is 26.8 Å². The standard InChI is InChI=1S/C10H14N2O3/c1-10(2,3)15-7-4-5-9(12(13)14)8(11)6-7/h4-6H,11H2,1-3H3. The zero-order valence-corrected chi connectivity index (χ0v) is 8.98. The summed E-state index contributed by atoms with van der Waals surface area (Å²) in [6.45, 7) is 5.68. The Bertz CT molecular complexity index is 383. The van der Waals surface area contributed by atoms with Crippen LogP contribution in [0.2, 0.25) is 0 Å². The Balaban J connectivity index is 2.97. The molecule has 5 nitrogen and oxygen atoms in total. The van der Waals surface area contributed by atoms with Crippen LogP contribution in [0.15, 0.2) is 18.2 Å². The predicted molar refractivity (Wildman–Crippen MR) is 57.9 cm³/mol. The average molecular weight is 210 g/mol. The van der Waals surface area contributed by atoms with Crippen LogP contribution in [0.4, 0.5) is 11.4 Å². The zero-order valence-electron chi connectivity index (χ0n) is 8.98. The fraction of sp³-hybridized carbons (Fsp3) is 0.400. The van der Waals surface area contributed by atoms with Gasteiger partial charge in [0.05, 0.1) is 4.92 Å². The van der Waals surface area contributed by atoms with Crippen LogP contribution in [0, 0.1) is 10.1 Å². The second-order valence-electron chi connectivity index (χ2n) is 4.19. The summed E-state index contributed by atoms with van der Waals surface area (Å²) in [5, 5.41) is 10.5. The molecule has 0 spiro atoms. The van der Waals surface area contributed by atoms with E-state index in [9.17, 15) is 10.1 Å². The van der Waals surface area contributed by atoms with E-state index < -0.39 is 4.92 Å². The molecule has 0 aliphatic rings. The van der Waals surface area contributed by atoms with E-state index in [1.54, 1.807) is 6.07 Å². The number of nitrogens with two attached hydrogens (primary N) is 1. The third kappa shape index (κ3) is 3.12. The highest BCUT2D eigenvalue weighted by Gasteiger charge is 2.15. The number of nitro benzene ring substituents is 1. The maximum atomic E-state index is 10.5. The van der Waals surface area contributed by atoms with Crippen molar-refractivity contribution >= 4 is 11.4 Å². The van der Waals surface area contributed by atoms with Crippen molar-refractivity contribution in [3.05, 3.63) is 28.3 Å². The maximum absolute atomic E-state index is 10.5. The highest BCUT2D eigenvalue weighted by atomic mass is 16.6. The molecule has 1 aromatic carbocycles. The summed E-state index contributed by atoms with van der Waals surface area (Å²) in [5.41, 5.74) is 5.19. The van der Waals surface area contributed by atoms with Gasteiger partial charge in [-0.1, -0.05) is 0 Å². The molecule has 0 radical (unpaired) electrons. The van der Waals surface area contributed by atoms with Crippen LogP contribution in [0.5, 0.6) is 5.75 Å².